The maximum absolute atomic E-state index is 12.0. The summed E-state index contributed by atoms with van der Waals surface area (Å²) in [5, 5.41) is 1.99. The Morgan fingerprint density at radius 2 is 1.92 bits per heavy atom. The van der Waals surface area contributed by atoms with Crippen LogP contribution in [0, 0.1) is 0 Å². The standard InChI is InChI=1S/C15H21Cl2NO5S/c1-9(24(20,21)22)13(18-14(19)23-15(2,3)4)7-10-5-6-11(16)8-12(10)17/h5-6,8-9,13H,7H2,1-4H3,(H,18,19)(H,20,21,22)/t9-,13-/m0/s1. The van der Waals surface area contributed by atoms with Crippen LogP contribution in [0.15, 0.2) is 18.2 Å². The smallest absolute Gasteiger partial charge is 0.407 e. The first kappa shape index (κ1) is 21.0. The highest BCUT2D eigenvalue weighted by Gasteiger charge is 2.31. The predicted molar refractivity (Wildman–Crippen MR) is 94.3 cm³/mol. The largest absolute Gasteiger partial charge is 0.444 e. The van der Waals surface area contributed by atoms with Gasteiger partial charge in [0.15, 0.2) is 0 Å². The number of carbonyl (C=O) groups excluding carboxylic acids is 1. The summed E-state index contributed by atoms with van der Waals surface area (Å²) in [5.74, 6) is 0. The third-order valence-corrected chi connectivity index (χ3v) is 5.05. The summed E-state index contributed by atoms with van der Waals surface area (Å²) in [5.41, 5.74) is -0.161. The molecule has 0 unspecified atom stereocenters. The molecule has 1 aromatic carbocycles. The lowest BCUT2D eigenvalue weighted by Crippen LogP contribution is -2.48. The number of amides is 1. The summed E-state index contributed by atoms with van der Waals surface area (Å²) < 4.78 is 37.4. The number of benzene rings is 1. The second-order valence-corrected chi connectivity index (χ2v) is 9.03. The van der Waals surface area contributed by atoms with E-state index in [2.05, 4.69) is 5.32 Å². The quantitative estimate of drug-likeness (QED) is 0.738. The first-order valence-electron chi connectivity index (χ1n) is 7.19. The molecule has 0 heterocycles. The molecule has 6 nitrogen and oxygen atoms in total. The summed E-state index contributed by atoms with van der Waals surface area (Å²) >= 11 is 11.9. The molecule has 2 atom stereocenters. The summed E-state index contributed by atoms with van der Waals surface area (Å²) in [6.45, 7) is 6.35. The fourth-order valence-electron chi connectivity index (χ4n) is 1.93. The molecule has 1 aromatic rings. The van der Waals surface area contributed by atoms with Gasteiger partial charge in [0.05, 0.1) is 6.04 Å². The molecule has 0 aliphatic rings. The normalized spacial score (nSPS) is 14.8. The third-order valence-electron chi connectivity index (χ3n) is 3.19. The first-order valence-corrected chi connectivity index (χ1v) is 9.45. The van der Waals surface area contributed by atoms with Crippen molar-refractivity contribution in [1.29, 1.82) is 0 Å². The Labute approximate surface area is 152 Å². The number of alkyl carbamates (subject to hydrolysis) is 1. The van der Waals surface area contributed by atoms with Crippen LogP contribution in [0.3, 0.4) is 0 Å². The molecule has 0 saturated heterocycles. The molecule has 2 N–H and O–H groups in total. The van der Waals surface area contributed by atoms with Crippen LogP contribution in [-0.4, -0.2) is 36.0 Å². The zero-order valence-electron chi connectivity index (χ0n) is 13.8. The van der Waals surface area contributed by atoms with Gasteiger partial charge in [0.1, 0.15) is 10.9 Å². The number of hydrogen-bond donors (Lipinski definition) is 2. The van der Waals surface area contributed by atoms with E-state index in [1.165, 1.54) is 13.0 Å². The van der Waals surface area contributed by atoms with Crippen LogP contribution in [0.5, 0.6) is 0 Å². The van der Waals surface area contributed by atoms with Gasteiger partial charge in [0.2, 0.25) is 0 Å². The number of hydrogen-bond acceptors (Lipinski definition) is 4. The lowest BCUT2D eigenvalue weighted by Gasteiger charge is -2.26. The van der Waals surface area contributed by atoms with Crippen molar-refractivity contribution in [2.24, 2.45) is 0 Å². The van der Waals surface area contributed by atoms with Crippen molar-refractivity contribution in [2.75, 3.05) is 0 Å². The van der Waals surface area contributed by atoms with E-state index < -0.39 is 33.1 Å². The molecule has 0 aromatic heterocycles. The van der Waals surface area contributed by atoms with Crippen molar-refractivity contribution in [3.63, 3.8) is 0 Å². The molecule has 1 amide bonds. The summed E-state index contributed by atoms with van der Waals surface area (Å²) in [4.78, 5) is 12.0. The summed E-state index contributed by atoms with van der Waals surface area (Å²) in [7, 11) is -4.37. The van der Waals surface area contributed by atoms with Crippen LogP contribution in [0.2, 0.25) is 10.0 Å². The highest BCUT2D eigenvalue weighted by molar-refractivity contribution is 7.86. The van der Waals surface area contributed by atoms with Crippen LogP contribution < -0.4 is 5.32 Å². The molecular weight excluding hydrogens is 377 g/mol. The van der Waals surface area contributed by atoms with Gasteiger partial charge in [-0.15, -0.1) is 0 Å². The molecule has 0 spiro atoms. The fourth-order valence-corrected chi connectivity index (χ4v) is 2.99. The highest BCUT2D eigenvalue weighted by atomic mass is 35.5. The number of rotatable bonds is 5. The second kappa shape index (κ2) is 7.91. The van der Waals surface area contributed by atoms with E-state index in [1.807, 2.05) is 0 Å². The van der Waals surface area contributed by atoms with E-state index in [0.29, 0.717) is 15.6 Å². The number of carbonyl (C=O) groups is 1. The van der Waals surface area contributed by atoms with Gasteiger partial charge in [0.25, 0.3) is 10.1 Å². The Hall–Kier alpha value is -1.02. The van der Waals surface area contributed by atoms with Gasteiger partial charge in [-0.3, -0.25) is 4.55 Å². The van der Waals surface area contributed by atoms with Crippen LogP contribution in [-0.2, 0) is 21.3 Å². The topological polar surface area (TPSA) is 92.7 Å². The molecule has 0 bridgehead atoms. The molecule has 24 heavy (non-hydrogen) atoms. The molecule has 0 aliphatic heterocycles. The van der Waals surface area contributed by atoms with Crippen molar-refractivity contribution in [1.82, 2.24) is 5.32 Å². The summed E-state index contributed by atoms with van der Waals surface area (Å²) in [6.07, 6.45) is -0.705. The molecule has 0 radical (unpaired) electrons. The third kappa shape index (κ3) is 6.84. The maximum atomic E-state index is 12.0. The Kier molecular flexibility index (Phi) is 6.93. The summed E-state index contributed by atoms with van der Waals surface area (Å²) in [6, 6.07) is 3.81. The van der Waals surface area contributed by atoms with E-state index >= 15 is 0 Å². The Morgan fingerprint density at radius 3 is 2.38 bits per heavy atom. The van der Waals surface area contributed by atoms with Gasteiger partial charge >= 0.3 is 6.09 Å². The minimum atomic E-state index is -4.37. The average molecular weight is 398 g/mol. The van der Waals surface area contributed by atoms with Gasteiger partial charge < -0.3 is 10.1 Å². The van der Waals surface area contributed by atoms with Gasteiger partial charge in [-0.05, 0) is 51.8 Å². The molecular formula is C15H21Cl2NO5S. The Balaban J connectivity index is 3.03. The average Bonchev–Trinajstić information content (AvgIpc) is 2.36. The van der Waals surface area contributed by atoms with E-state index in [4.69, 9.17) is 27.9 Å². The van der Waals surface area contributed by atoms with Gasteiger partial charge in [0, 0.05) is 10.0 Å². The monoisotopic (exact) mass is 397 g/mol. The van der Waals surface area contributed by atoms with Gasteiger partial charge in [-0.1, -0.05) is 29.3 Å². The van der Waals surface area contributed by atoms with E-state index in [1.54, 1.807) is 32.9 Å². The Morgan fingerprint density at radius 1 is 1.33 bits per heavy atom. The molecule has 136 valence electrons. The van der Waals surface area contributed by atoms with Crippen molar-refractivity contribution >= 4 is 39.4 Å². The van der Waals surface area contributed by atoms with Gasteiger partial charge in [-0.25, -0.2) is 4.79 Å². The lowest BCUT2D eigenvalue weighted by molar-refractivity contribution is 0.0503. The second-order valence-electron chi connectivity index (χ2n) is 6.41. The lowest BCUT2D eigenvalue weighted by atomic mass is 10.0. The van der Waals surface area contributed by atoms with Crippen molar-refractivity contribution < 1.29 is 22.5 Å². The molecule has 9 heteroatoms. The van der Waals surface area contributed by atoms with Crippen LogP contribution in [0.1, 0.15) is 33.3 Å². The van der Waals surface area contributed by atoms with Crippen molar-refractivity contribution in [2.45, 2.75) is 51.0 Å². The van der Waals surface area contributed by atoms with Gasteiger partial charge in [-0.2, -0.15) is 8.42 Å². The minimum Gasteiger partial charge on any atom is -0.444 e. The zero-order valence-corrected chi connectivity index (χ0v) is 16.2. The van der Waals surface area contributed by atoms with E-state index in [9.17, 15) is 17.8 Å². The molecule has 0 saturated carbocycles. The zero-order chi connectivity index (χ0) is 18.7. The van der Waals surface area contributed by atoms with Crippen LogP contribution in [0.25, 0.3) is 0 Å². The maximum Gasteiger partial charge on any atom is 0.407 e. The minimum absolute atomic E-state index is 0.0796. The van der Waals surface area contributed by atoms with Crippen molar-refractivity contribution in [3.8, 4) is 0 Å². The number of halogens is 2. The van der Waals surface area contributed by atoms with E-state index in [0.717, 1.165) is 0 Å². The fraction of sp³-hybridized carbons (Fsp3) is 0.533. The van der Waals surface area contributed by atoms with Crippen molar-refractivity contribution in [3.05, 3.63) is 33.8 Å². The SMILES string of the molecule is C[C@@H]([C@H](Cc1ccc(Cl)cc1Cl)NC(=O)OC(C)(C)C)S(=O)(=O)O. The Bertz CT molecular complexity index is 700. The van der Waals surface area contributed by atoms with E-state index in [-0.39, 0.29) is 6.42 Å². The number of ether oxygens (including phenoxy) is 1. The number of nitrogens with one attached hydrogen (secondary N) is 1. The molecule has 0 aliphatic carbocycles. The predicted octanol–water partition coefficient (Wildman–Crippen LogP) is 3.71. The first-order chi connectivity index (χ1) is 10.8. The highest BCUT2D eigenvalue weighted by Crippen LogP contribution is 2.23. The molecule has 0 fully saturated rings. The molecule has 1 rings (SSSR count). The van der Waals surface area contributed by atoms with Crippen LogP contribution in [0.4, 0.5) is 4.79 Å². The van der Waals surface area contributed by atoms with Crippen LogP contribution >= 0.6 is 23.2 Å².